The molecule has 0 aliphatic carbocycles. The maximum atomic E-state index is 12.5. The van der Waals surface area contributed by atoms with Gasteiger partial charge in [-0.15, -0.1) is 0 Å². The predicted octanol–water partition coefficient (Wildman–Crippen LogP) is 3.08. The number of para-hydroxylation sites is 1. The van der Waals surface area contributed by atoms with Crippen LogP contribution in [0.4, 0.5) is 0 Å². The summed E-state index contributed by atoms with van der Waals surface area (Å²) in [5.74, 6) is -1.68. The Morgan fingerprint density at radius 2 is 1.93 bits per heavy atom. The number of esters is 2. The van der Waals surface area contributed by atoms with Gasteiger partial charge in [-0.1, -0.05) is 31.5 Å². The number of fused-ring (bicyclic) bond motifs is 5. The van der Waals surface area contributed by atoms with Gasteiger partial charge in [0, 0.05) is 29.7 Å². The van der Waals surface area contributed by atoms with Crippen LogP contribution >= 0.6 is 0 Å². The molecule has 3 heterocycles. The first kappa shape index (κ1) is 19.0. The molecule has 0 spiro atoms. The van der Waals surface area contributed by atoms with Crippen molar-refractivity contribution in [3.63, 3.8) is 0 Å². The Labute approximate surface area is 165 Å². The summed E-state index contributed by atoms with van der Waals surface area (Å²) in [4.78, 5) is 31.1. The van der Waals surface area contributed by atoms with Crippen LogP contribution < -0.4 is 0 Å². The van der Waals surface area contributed by atoms with E-state index in [4.69, 9.17) is 9.47 Å². The third kappa shape index (κ3) is 3.00. The third-order valence-electron chi connectivity index (χ3n) is 6.70. The van der Waals surface area contributed by atoms with Crippen molar-refractivity contribution in [3.8, 4) is 0 Å². The van der Waals surface area contributed by atoms with E-state index in [9.17, 15) is 9.59 Å². The van der Waals surface area contributed by atoms with E-state index in [0.717, 1.165) is 37.9 Å². The summed E-state index contributed by atoms with van der Waals surface area (Å²) in [5.41, 5.74) is 3.76. The van der Waals surface area contributed by atoms with Crippen LogP contribution in [0.15, 0.2) is 24.3 Å². The fraction of sp³-hybridized carbons (Fsp3) is 0.545. The maximum Gasteiger partial charge on any atom is 0.320 e. The molecule has 2 aliphatic rings. The van der Waals surface area contributed by atoms with Crippen molar-refractivity contribution in [2.75, 3.05) is 27.3 Å². The molecule has 2 aromatic rings. The highest BCUT2D eigenvalue weighted by molar-refractivity contribution is 5.95. The number of aromatic nitrogens is 1. The van der Waals surface area contributed by atoms with Crippen LogP contribution in [0.3, 0.4) is 0 Å². The lowest BCUT2D eigenvalue weighted by molar-refractivity contribution is -0.164. The van der Waals surface area contributed by atoms with Gasteiger partial charge >= 0.3 is 11.9 Å². The number of benzene rings is 1. The average Bonchev–Trinajstić information content (AvgIpc) is 3.12. The number of methoxy groups -OCH3 is 2. The summed E-state index contributed by atoms with van der Waals surface area (Å²) in [7, 11) is 2.68. The lowest BCUT2D eigenvalue weighted by atomic mass is 9.71. The van der Waals surface area contributed by atoms with Crippen LogP contribution in [0.2, 0.25) is 0 Å². The molecular weight excluding hydrogens is 356 g/mol. The van der Waals surface area contributed by atoms with Crippen molar-refractivity contribution in [3.05, 3.63) is 35.5 Å². The van der Waals surface area contributed by atoms with Crippen molar-refractivity contribution in [2.45, 2.75) is 32.2 Å². The molecule has 28 heavy (non-hydrogen) atoms. The minimum atomic E-state index is -0.864. The van der Waals surface area contributed by atoms with Gasteiger partial charge in [0.05, 0.1) is 20.3 Å². The average molecular weight is 384 g/mol. The molecule has 4 rings (SSSR count). The molecule has 0 radical (unpaired) electrons. The van der Waals surface area contributed by atoms with Gasteiger partial charge in [0.2, 0.25) is 0 Å². The third-order valence-corrected chi connectivity index (χ3v) is 6.70. The molecule has 6 heteroatoms. The molecule has 2 aliphatic heterocycles. The molecule has 0 bridgehead atoms. The van der Waals surface area contributed by atoms with Gasteiger partial charge in [0.15, 0.2) is 5.92 Å². The number of carbonyl (C=O) groups is 2. The second-order valence-electron chi connectivity index (χ2n) is 7.92. The second-order valence-corrected chi connectivity index (χ2v) is 7.92. The first-order valence-electron chi connectivity index (χ1n) is 10.1. The van der Waals surface area contributed by atoms with Crippen molar-refractivity contribution in [1.29, 1.82) is 0 Å². The van der Waals surface area contributed by atoms with E-state index in [1.165, 1.54) is 30.9 Å². The number of H-pyrrole nitrogens is 1. The molecule has 1 saturated heterocycles. The number of nitrogens with one attached hydrogen (secondary N) is 1. The Balaban J connectivity index is 1.72. The number of aromatic amines is 1. The van der Waals surface area contributed by atoms with Crippen LogP contribution in [0, 0.1) is 17.8 Å². The summed E-state index contributed by atoms with van der Waals surface area (Å²) in [6.45, 7) is 4.01. The fourth-order valence-electron chi connectivity index (χ4n) is 5.28. The Hall–Kier alpha value is -2.34. The summed E-state index contributed by atoms with van der Waals surface area (Å²) in [6, 6.07) is 8.58. The van der Waals surface area contributed by atoms with Crippen LogP contribution in [0.25, 0.3) is 10.9 Å². The molecule has 1 fully saturated rings. The number of hydrogen-bond acceptors (Lipinski definition) is 5. The highest BCUT2D eigenvalue weighted by Gasteiger charge is 2.47. The molecule has 1 aromatic heterocycles. The van der Waals surface area contributed by atoms with Gasteiger partial charge in [0.1, 0.15) is 0 Å². The smallest absolute Gasteiger partial charge is 0.320 e. The maximum absolute atomic E-state index is 12.5. The molecule has 3 atom stereocenters. The zero-order valence-corrected chi connectivity index (χ0v) is 16.7. The normalized spacial score (nSPS) is 24.6. The van der Waals surface area contributed by atoms with E-state index in [0.29, 0.717) is 0 Å². The fourth-order valence-corrected chi connectivity index (χ4v) is 5.28. The Morgan fingerprint density at radius 3 is 2.61 bits per heavy atom. The standard InChI is InChI=1S/C22H28N2O4/c1-4-13-12-24-10-9-15-14-7-5-6-8-17(14)23-20(15)18(24)11-16(13)19(21(25)27-2)22(26)28-3/h5-8,13,16,18-19,23H,4,9-12H2,1-3H3/t13-,16-,18+/m1/s1. The Kier molecular flexibility index (Phi) is 5.15. The van der Waals surface area contributed by atoms with Crippen LogP contribution in [-0.2, 0) is 25.5 Å². The Bertz CT molecular complexity index is 874. The summed E-state index contributed by atoms with van der Waals surface area (Å²) in [6.07, 6.45) is 2.68. The van der Waals surface area contributed by atoms with E-state index in [1.54, 1.807) is 0 Å². The highest BCUT2D eigenvalue weighted by Crippen LogP contribution is 2.46. The zero-order chi connectivity index (χ0) is 19.8. The number of piperidine rings is 1. The number of hydrogen-bond donors (Lipinski definition) is 1. The van der Waals surface area contributed by atoms with E-state index in [-0.39, 0.29) is 17.9 Å². The van der Waals surface area contributed by atoms with Crippen LogP contribution in [0.1, 0.15) is 37.1 Å². The first-order valence-corrected chi connectivity index (χ1v) is 10.1. The van der Waals surface area contributed by atoms with Gasteiger partial charge in [-0.3, -0.25) is 14.5 Å². The molecule has 1 aromatic carbocycles. The van der Waals surface area contributed by atoms with E-state index in [2.05, 4.69) is 35.0 Å². The number of rotatable bonds is 4. The minimum absolute atomic E-state index is 0.0940. The SMILES string of the molecule is CC[C@@H]1CN2CCc3c([nH]c4ccccc34)[C@@H]2C[C@H]1C(C(=O)OC)C(=O)OC. The molecule has 0 unspecified atom stereocenters. The van der Waals surface area contributed by atoms with E-state index in [1.807, 2.05) is 6.07 Å². The highest BCUT2D eigenvalue weighted by atomic mass is 16.5. The number of ether oxygens (including phenoxy) is 2. The quantitative estimate of drug-likeness (QED) is 0.648. The second kappa shape index (κ2) is 7.59. The van der Waals surface area contributed by atoms with Crippen molar-refractivity contribution < 1.29 is 19.1 Å². The number of carbonyl (C=O) groups excluding carboxylic acids is 2. The molecule has 6 nitrogen and oxygen atoms in total. The van der Waals surface area contributed by atoms with E-state index >= 15 is 0 Å². The molecule has 0 amide bonds. The first-order chi connectivity index (χ1) is 13.6. The molecule has 0 saturated carbocycles. The topological polar surface area (TPSA) is 71.6 Å². The lowest BCUT2D eigenvalue weighted by Crippen LogP contribution is -2.50. The van der Waals surface area contributed by atoms with Crippen LogP contribution in [-0.4, -0.2) is 49.1 Å². The number of nitrogens with zero attached hydrogens (tertiary/aromatic N) is 1. The van der Waals surface area contributed by atoms with Crippen LogP contribution in [0.5, 0.6) is 0 Å². The predicted molar refractivity (Wildman–Crippen MR) is 106 cm³/mol. The van der Waals surface area contributed by atoms with Gasteiger partial charge in [-0.05, 0) is 36.3 Å². The molecule has 1 N–H and O–H groups in total. The van der Waals surface area contributed by atoms with Gasteiger partial charge in [0.25, 0.3) is 0 Å². The summed E-state index contributed by atoms with van der Waals surface area (Å²) >= 11 is 0. The molecule has 150 valence electrons. The minimum Gasteiger partial charge on any atom is -0.468 e. The van der Waals surface area contributed by atoms with Crippen molar-refractivity contribution in [2.24, 2.45) is 17.8 Å². The van der Waals surface area contributed by atoms with Gasteiger partial charge < -0.3 is 14.5 Å². The summed E-state index contributed by atoms with van der Waals surface area (Å²) in [5, 5.41) is 1.28. The largest absolute Gasteiger partial charge is 0.468 e. The van der Waals surface area contributed by atoms with Gasteiger partial charge in [-0.25, -0.2) is 0 Å². The van der Waals surface area contributed by atoms with Crippen molar-refractivity contribution in [1.82, 2.24) is 9.88 Å². The lowest BCUT2D eigenvalue weighted by Gasteiger charge is -2.47. The zero-order valence-electron chi connectivity index (χ0n) is 16.7. The summed E-state index contributed by atoms with van der Waals surface area (Å²) < 4.78 is 9.95. The molecular formula is C22H28N2O4. The van der Waals surface area contributed by atoms with Gasteiger partial charge in [-0.2, -0.15) is 0 Å². The Morgan fingerprint density at radius 1 is 1.21 bits per heavy atom. The van der Waals surface area contributed by atoms with E-state index < -0.39 is 17.9 Å². The monoisotopic (exact) mass is 384 g/mol. The van der Waals surface area contributed by atoms with Crippen molar-refractivity contribution >= 4 is 22.8 Å².